The van der Waals surface area contributed by atoms with Gasteiger partial charge in [0.15, 0.2) is 0 Å². The zero-order valence-corrected chi connectivity index (χ0v) is 22.0. The van der Waals surface area contributed by atoms with Crippen LogP contribution in [0, 0.1) is 22.7 Å². The first-order valence-corrected chi connectivity index (χ1v) is 15.9. The van der Waals surface area contributed by atoms with Gasteiger partial charge in [-0.05, 0) is 74.0 Å². The van der Waals surface area contributed by atoms with Crippen LogP contribution in [-0.2, 0) is 0 Å². The average Bonchev–Trinajstić information content (AvgIpc) is 2.69. The number of rotatable bonds is 3. The van der Waals surface area contributed by atoms with Crippen molar-refractivity contribution in [1.29, 1.82) is 0 Å². The molecule has 32 heavy (non-hydrogen) atoms. The molecule has 0 aromatic heterocycles. The van der Waals surface area contributed by atoms with Crippen LogP contribution < -0.4 is 0 Å². The fourth-order valence-corrected chi connectivity index (χ4v) is 9.72. The van der Waals surface area contributed by atoms with Gasteiger partial charge in [0, 0.05) is 0 Å². The number of hydrogen-bond donors (Lipinski definition) is 0. The Bertz CT molecular complexity index is 426. The highest BCUT2D eigenvalue weighted by atomic mass is 14.6. The normalized spacial score (nSPS) is 30.4. The molecule has 4 aliphatic rings. The van der Waals surface area contributed by atoms with Gasteiger partial charge in [0.05, 0.1) is 0 Å². The first kappa shape index (κ1) is 25.1. The first-order chi connectivity index (χ1) is 15.9. The van der Waals surface area contributed by atoms with Gasteiger partial charge in [0.1, 0.15) is 0 Å². The van der Waals surface area contributed by atoms with Crippen molar-refractivity contribution in [3.63, 3.8) is 0 Å². The fraction of sp³-hybridized carbons (Fsp3) is 1.00. The summed E-state index contributed by atoms with van der Waals surface area (Å²) in [4.78, 5) is 0. The zero-order valence-electron chi connectivity index (χ0n) is 22.0. The molecule has 0 spiro atoms. The van der Waals surface area contributed by atoms with E-state index in [0.717, 1.165) is 11.8 Å². The second kappa shape index (κ2) is 13.2. The van der Waals surface area contributed by atoms with Crippen molar-refractivity contribution in [2.75, 3.05) is 0 Å². The van der Waals surface area contributed by atoms with Crippen LogP contribution in [0.5, 0.6) is 0 Å². The van der Waals surface area contributed by atoms with E-state index in [-0.39, 0.29) is 0 Å². The highest BCUT2D eigenvalue weighted by Crippen LogP contribution is 2.65. The Labute approximate surface area is 202 Å². The van der Waals surface area contributed by atoms with E-state index < -0.39 is 0 Å². The Hall–Kier alpha value is 0. The van der Waals surface area contributed by atoms with Crippen molar-refractivity contribution in [1.82, 2.24) is 0 Å². The summed E-state index contributed by atoms with van der Waals surface area (Å²) in [6.07, 6.45) is 43.6. The lowest BCUT2D eigenvalue weighted by atomic mass is 9.43. The van der Waals surface area contributed by atoms with Gasteiger partial charge in [0.2, 0.25) is 0 Å². The van der Waals surface area contributed by atoms with Gasteiger partial charge in [-0.15, -0.1) is 0 Å². The molecule has 0 heterocycles. The second-order valence-electron chi connectivity index (χ2n) is 12.9. The van der Waals surface area contributed by atoms with Gasteiger partial charge < -0.3 is 0 Å². The summed E-state index contributed by atoms with van der Waals surface area (Å²) in [6.45, 7) is 0. The Balaban J connectivity index is 1.74. The van der Waals surface area contributed by atoms with Crippen molar-refractivity contribution >= 4 is 0 Å². The van der Waals surface area contributed by atoms with Crippen LogP contribution in [-0.4, -0.2) is 0 Å². The van der Waals surface area contributed by atoms with Crippen LogP contribution >= 0.6 is 0 Å². The van der Waals surface area contributed by atoms with Crippen molar-refractivity contribution < 1.29 is 0 Å². The lowest BCUT2D eigenvalue weighted by Crippen LogP contribution is -2.52. The molecule has 4 saturated carbocycles. The Morgan fingerprint density at radius 1 is 0.250 bits per heavy atom. The molecule has 0 amide bonds. The summed E-state index contributed by atoms with van der Waals surface area (Å²) < 4.78 is 0. The van der Waals surface area contributed by atoms with Crippen LogP contribution in [0.4, 0.5) is 0 Å². The minimum absolute atomic E-state index is 0.700. The molecule has 4 aliphatic carbocycles. The fourth-order valence-electron chi connectivity index (χ4n) is 9.72. The third kappa shape index (κ3) is 5.97. The van der Waals surface area contributed by atoms with E-state index in [1.165, 1.54) is 77.0 Å². The monoisotopic (exact) mass is 442 g/mol. The minimum Gasteiger partial charge on any atom is -0.0533 e. The largest absolute Gasteiger partial charge is 0.0533 e. The number of hydrogen-bond acceptors (Lipinski definition) is 0. The smallest absolute Gasteiger partial charge is 0.0210 e. The molecule has 0 aromatic carbocycles. The maximum absolute atomic E-state index is 1.62. The predicted molar refractivity (Wildman–Crippen MR) is 141 cm³/mol. The van der Waals surface area contributed by atoms with E-state index in [2.05, 4.69) is 0 Å². The Morgan fingerprint density at radius 3 is 0.750 bits per heavy atom. The molecule has 0 aromatic rings. The molecule has 0 radical (unpaired) electrons. The molecule has 0 heteroatoms. The van der Waals surface area contributed by atoms with E-state index >= 15 is 0 Å². The maximum atomic E-state index is 1.62. The van der Waals surface area contributed by atoms with Gasteiger partial charge in [-0.2, -0.15) is 0 Å². The van der Waals surface area contributed by atoms with Crippen LogP contribution in [0.25, 0.3) is 0 Å². The van der Waals surface area contributed by atoms with Gasteiger partial charge >= 0.3 is 0 Å². The molecule has 0 unspecified atom stereocenters. The minimum atomic E-state index is 0.700. The SMILES string of the molecule is C1CCCC(C2(C3(C4CCCCCCC4)CCCCCCC3)CCCCCCC2)CCC1. The molecule has 186 valence electrons. The first-order valence-electron chi connectivity index (χ1n) is 15.9. The zero-order chi connectivity index (χ0) is 22.0. The topological polar surface area (TPSA) is 0 Å². The van der Waals surface area contributed by atoms with E-state index in [9.17, 15) is 0 Å². The molecular formula is C32H58. The highest BCUT2D eigenvalue weighted by Gasteiger charge is 2.56. The van der Waals surface area contributed by atoms with Gasteiger partial charge in [-0.1, -0.05) is 128 Å². The van der Waals surface area contributed by atoms with Crippen LogP contribution in [0.2, 0.25) is 0 Å². The molecule has 0 bridgehead atoms. The van der Waals surface area contributed by atoms with E-state index in [0.29, 0.717) is 10.8 Å². The molecule has 0 nitrogen and oxygen atoms in total. The molecule has 0 N–H and O–H groups in total. The molecule has 0 atom stereocenters. The summed E-state index contributed by atoms with van der Waals surface area (Å²) in [5.41, 5.74) is 1.40. The van der Waals surface area contributed by atoms with Crippen molar-refractivity contribution in [3.8, 4) is 0 Å². The van der Waals surface area contributed by atoms with Crippen molar-refractivity contribution in [2.45, 2.75) is 180 Å². The van der Waals surface area contributed by atoms with Crippen LogP contribution in [0.1, 0.15) is 180 Å². The van der Waals surface area contributed by atoms with Crippen LogP contribution in [0.3, 0.4) is 0 Å². The Morgan fingerprint density at radius 2 is 0.469 bits per heavy atom. The van der Waals surface area contributed by atoms with Gasteiger partial charge in [-0.25, -0.2) is 0 Å². The molecule has 0 saturated heterocycles. The van der Waals surface area contributed by atoms with E-state index in [1.807, 2.05) is 0 Å². The van der Waals surface area contributed by atoms with E-state index in [4.69, 9.17) is 0 Å². The summed E-state index contributed by atoms with van der Waals surface area (Å²) >= 11 is 0. The van der Waals surface area contributed by atoms with E-state index in [1.54, 1.807) is 103 Å². The maximum Gasteiger partial charge on any atom is -0.0210 e. The van der Waals surface area contributed by atoms with Gasteiger partial charge in [0.25, 0.3) is 0 Å². The molecular weight excluding hydrogens is 384 g/mol. The molecule has 4 fully saturated rings. The third-order valence-electron chi connectivity index (χ3n) is 11.3. The summed E-state index contributed by atoms with van der Waals surface area (Å²) in [7, 11) is 0. The van der Waals surface area contributed by atoms with Crippen molar-refractivity contribution in [2.24, 2.45) is 22.7 Å². The predicted octanol–water partition coefficient (Wildman–Crippen LogP) is 11.2. The summed E-state index contributed by atoms with van der Waals surface area (Å²) in [6, 6.07) is 0. The highest BCUT2D eigenvalue weighted by molar-refractivity contribution is 5.05. The Kier molecular flexibility index (Phi) is 10.3. The molecule has 4 rings (SSSR count). The lowest BCUT2D eigenvalue weighted by molar-refractivity contribution is -0.117. The quantitative estimate of drug-likeness (QED) is 0.407. The van der Waals surface area contributed by atoms with Crippen LogP contribution in [0.15, 0.2) is 0 Å². The third-order valence-corrected chi connectivity index (χ3v) is 11.3. The second-order valence-corrected chi connectivity index (χ2v) is 12.9. The standard InChI is InChI=1S/C32H58/c1-5-13-21-29(22-14-6-1)31(25-17-9-3-10-18-26-31)32(27-19-11-4-12-20-28-32)30-23-15-7-2-8-16-24-30/h29-30H,1-28H2. The average molecular weight is 443 g/mol. The summed E-state index contributed by atoms with van der Waals surface area (Å²) in [5.74, 6) is 2.12. The van der Waals surface area contributed by atoms with Crippen molar-refractivity contribution in [3.05, 3.63) is 0 Å². The summed E-state index contributed by atoms with van der Waals surface area (Å²) in [5, 5.41) is 0. The molecule has 0 aliphatic heterocycles. The lowest BCUT2D eigenvalue weighted by Gasteiger charge is -2.61. The van der Waals surface area contributed by atoms with Gasteiger partial charge in [-0.3, -0.25) is 0 Å².